The molecule has 1 saturated heterocycles. The van der Waals surface area contributed by atoms with E-state index in [1.807, 2.05) is 16.3 Å². The van der Waals surface area contributed by atoms with Gasteiger partial charge in [0.05, 0.1) is 5.56 Å². The summed E-state index contributed by atoms with van der Waals surface area (Å²) in [4.78, 5) is 18.0. The maximum atomic E-state index is 13.0. The minimum atomic E-state index is -0.220. The van der Waals surface area contributed by atoms with Crippen molar-refractivity contribution in [3.8, 4) is 0 Å². The number of nitrogens with zero attached hydrogens (tertiary/aromatic N) is 2. The number of amides is 1. The van der Waals surface area contributed by atoms with E-state index in [1.54, 1.807) is 23.5 Å². The van der Waals surface area contributed by atoms with Crippen LogP contribution >= 0.6 is 11.3 Å². The number of halogens is 1. The van der Waals surface area contributed by atoms with E-state index in [2.05, 4.69) is 11.8 Å². The van der Waals surface area contributed by atoms with Crippen LogP contribution in [0.25, 0.3) is 0 Å². The van der Waals surface area contributed by atoms with Crippen molar-refractivity contribution in [2.24, 2.45) is 0 Å². The molecule has 0 aliphatic carbocycles. The predicted molar refractivity (Wildman–Crippen MR) is 92.8 cm³/mol. The Balaban J connectivity index is 1.59. The fourth-order valence-electron chi connectivity index (χ4n) is 2.87. The SMILES string of the molecule is CCCc1cc(C(=O)N2CCN(c3ccc(F)cc3)CC2)cs1. The number of carbonyl (C=O) groups excluding carboxylic acids is 1. The second-order valence-corrected chi connectivity index (χ2v) is 6.80. The number of benzene rings is 1. The lowest BCUT2D eigenvalue weighted by atomic mass is 10.2. The van der Waals surface area contributed by atoms with Crippen molar-refractivity contribution in [1.29, 1.82) is 0 Å². The third-order valence-electron chi connectivity index (χ3n) is 4.16. The van der Waals surface area contributed by atoms with Gasteiger partial charge in [0.1, 0.15) is 5.82 Å². The Morgan fingerprint density at radius 1 is 1.17 bits per heavy atom. The number of piperazine rings is 1. The van der Waals surface area contributed by atoms with Crippen molar-refractivity contribution >= 4 is 22.9 Å². The van der Waals surface area contributed by atoms with Crippen molar-refractivity contribution in [3.05, 3.63) is 52.0 Å². The molecule has 0 radical (unpaired) electrons. The smallest absolute Gasteiger partial charge is 0.254 e. The molecule has 1 amide bonds. The van der Waals surface area contributed by atoms with E-state index in [-0.39, 0.29) is 11.7 Å². The Labute approximate surface area is 140 Å². The minimum absolute atomic E-state index is 0.127. The fourth-order valence-corrected chi connectivity index (χ4v) is 3.84. The first-order valence-corrected chi connectivity index (χ1v) is 8.92. The average molecular weight is 332 g/mol. The first-order valence-electron chi connectivity index (χ1n) is 8.04. The molecule has 0 atom stereocenters. The summed E-state index contributed by atoms with van der Waals surface area (Å²) in [7, 11) is 0. The molecule has 0 N–H and O–H groups in total. The molecule has 0 saturated carbocycles. The minimum Gasteiger partial charge on any atom is -0.368 e. The number of thiophene rings is 1. The summed E-state index contributed by atoms with van der Waals surface area (Å²) in [6.07, 6.45) is 2.14. The van der Waals surface area contributed by atoms with Crippen molar-refractivity contribution in [3.63, 3.8) is 0 Å². The monoisotopic (exact) mass is 332 g/mol. The molecule has 122 valence electrons. The van der Waals surface area contributed by atoms with Gasteiger partial charge in [-0.1, -0.05) is 13.3 Å². The van der Waals surface area contributed by atoms with E-state index in [9.17, 15) is 9.18 Å². The zero-order valence-corrected chi connectivity index (χ0v) is 14.1. The Kier molecular flexibility index (Phi) is 4.96. The van der Waals surface area contributed by atoms with E-state index in [0.29, 0.717) is 13.1 Å². The fraction of sp³-hybridized carbons (Fsp3) is 0.389. The Morgan fingerprint density at radius 3 is 2.52 bits per heavy atom. The van der Waals surface area contributed by atoms with Crippen molar-refractivity contribution in [2.45, 2.75) is 19.8 Å². The second-order valence-electron chi connectivity index (χ2n) is 5.81. The lowest BCUT2D eigenvalue weighted by molar-refractivity contribution is 0.0747. The zero-order chi connectivity index (χ0) is 16.2. The molecule has 3 nitrogen and oxygen atoms in total. The molecule has 1 fully saturated rings. The highest BCUT2D eigenvalue weighted by Gasteiger charge is 2.23. The third kappa shape index (κ3) is 3.72. The Hall–Kier alpha value is -1.88. The van der Waals surface area contributed by atoms with Gasteiger partial charge in [0.25, 0.3) is 5.91 Å². The van der Waals surface area contributed by atoms with Gasteiger partial charge in [-0.3, -0.25) is 4.79 Å². The highest BCUT2D eigenvalue weighted by atomic mass is 32.1. The quantitative estimate of drug-likeness (QED) is 0.850. The number of hydrogen-bond donors (Lipinski definition) is 0. The van der Waals surface area contributed by atoms with E-state index < -0.39 is 0 Å². The summed E-state index contributed by atoms with van der Waals surface area (Å²) >= 11 is 1.67. The third-order valence-corrected chi connectivity index (χ3v) is 5.15. The number of hydrogen-bond acceptors (Lipinski definition) is 3. The standard InChI is InChI=1S/C18H21FN2OS/c1-2-3-17-12-14(13-23-17)18(22)21-10-8-20(9-11-21)16-6-4-15(19)5-7-16/h4-7,12-13H,2-3,8-11H2,1H3. The summed E-state index contributed by atoms with van der Waals surface area (Å²) in [5.41, 5.74) is 1.83. The van der Waals surface area contributed by atoms with Crippen LogP contribution in [0, 0.1) is 5.82 Å². The number of aryl methyl sites for hydroxylation is 1. The van der Waals surface area contributed by atoms with Crippen LogP contribution in [-0.4, -0.2) is 37.0 Å². The van der Waals surface area contributed by atoms with Gasteiger partial charge in [-0.2, -0.15) is 0 Å². The van der Waals surface area contributed by atoms with Crippen LogP contribution in [0.3, 0.4) is 0 Å². The molecule has 2 heterocycles. The molecular weight excluding hydrogens is 311 g/mol. The largest absolute Gasteiger partial charge is 0.368 e. The molecule has 3 rings (SSSR count). The molecular formula is C18H21FN2OS. The summed E-state index contributed by atoms with van der Waals surface area (Å²) in [6, 6.07) is 8.58. The summed E-state index contributed by atoms with van der Waals surface area (Å²) in [5.74, 6) is -0.0923. The Morgan fingerprint density at radius 2 is 1.87 bits per heavy atom. The van der Waals surface area contributed by atoms with Crippen LogP contribution < -0.4 is 4.90 Å². The highest BCUT2D eigenvalue weighted by molar-refractivity contribution is 7.10. The van der Waals surface area contributed by atoms with Crippen LogP contribution in [0.15, 0.2) is 35.7 Å². The van der Waals surface area contributed by atoms with Crippen LogP contribution in [0.2, 0.25) is 0 Å². The van der Waals surface area contributed by atoms with E-state index in [0.717, 1.165) is 37.2 Å². The molecule has 5 heteroatoms. The molecule has 1 aromatic carbocycles. The molecule has 0 bridgehead atoms. The maximum Gasteiger partial charge on any atom is 0.254 e. The number of rotatable bonds is 4. The first-order chi connectivity index (χ1) is 11.2. The molecule has 1 aromatic heterocycles. The molecule has 0 unspecified atom stereocenters. The van der Waals surface area contributed by atoms with Crippen LogP contribution in [0.5, 0.6) is 0 Å². The van der Waals surface area contributed by atoms with Gasteiger partial charge in [-0.15, -0.1) is 11.3 Å². The Bertz CT molecular complexity index is 660. The average Bonchev–Trinajstić information content (AvgIpc) is 3.04. The van der Waals surface area contributed by atoms with Gasteiger partial charge in [-0.05, 0) is 36.8 Å². The summed E-state index contributed by atoms with van der Waals surface area (Å²) < 4.78 is 13.0. The number of carbonyl (C=O) groups is 1. The first kappa shape index (κ1) is 16.0. The summed E-state index contributed by atoms with van der Waals surface area (Å²) in [5, 5.41) is 1.97. The van der Waals surface area contributed by atoms with Gasteiger partial charge in [-0.25, -0.2) is 4.39 Å². The normalized spacial score (nSPS) is 15.0. The lowest BCUT2D eigenvalue weighted by Gasteiger charge is -2.36. The van der Waals surface area contributed by atoms with Crippen molar-refractivity contribution in [2.75, 3.05) is 31.1 Å². The summed E-state index contributed by atoms with van der Waals surface area (Å²) in [6.45, 7) is 5.12. The molecule has 23 heavy (non-hydrogen) atoms. The topological polar surface area (TPSA) is 23.6 Å². The van der Waals surface area contributed by atoms with Crippen molar-refractivity contribution in [1.82, 2.24) is 4.90 Å². The van der Waals surface area contributed by atoms with E-state index >= 15 is 0 Å². The lowest BCUT2D eigenvalue weighted by Crippen LogP contribution is -2.48. The number of anilines is 1. The van der Waals surface area contributed by atoms with Gasteiger partial charge in [0.2, 0.25) is 0 Å². The van der Waals surface area contributed by atoms with E-state index in [4.69, 9.17) is 0 Å². The van der Waals surface area contributed by atoms with E-state index in [1.165, 1.54) is 17.0 Å². The van der Waals surface area contributed by atoms with Gasteiger partial charge in [0.15, 0.2) is 0 Å². The van der Waals surface area contributed by atoms with Gasteiger partial charge < -0.3 is 9.80 Å². The van der Waals surface area contributed by atoms with Crippen LogP contribution in [0.4, 0.5) is 10.1 Å². The molecule has 1 aliphatic heterocycles. The van der Waals surface area contributed by atoms with Crippen LogP contribution in [0.1, 0.15) is 28.6 Å². The van der Waals surface area contributed by atoms with Crippen molar-refractivity contribution < 1.29 is 9.18 Å². The second kappa shape index (κ2) is 7.13. The molecule has 0 spiro atoms. The van der Waals surface area contributed by atoms with Gasteiger partial charge >= 0.3 is 0 Å². The molecule has 2 aromatic rings. The van der Waals surface area contributed by atoms with Gasteiger partial charge in [0, 0.05) is 42.1 Å². The predicted octanol–water partition coefficient (Wildman–Crippen LogP) is 3.80. The zero-order valence-electron chi connectivity index (χ0n) is 13.3. The highest BCUT2D eigenvalue weighted by Crippen LogP contribution is 2.21. The molecule has 1 aliphatic rings. The maximum absolute atomic E-state index is 13.0. The van der Waals surface area contributed by atoms with Crippen LogP contribution in [-0.2, 0) is 6.42 Å².